The maximum Gasteiger partial charge on any atom is 0.308 e. The van der Waals surface area contributed by atoms with E-state index in [0.717, 1.165) is 77.0 Å². The first-order chi connectivity index (χ1) is 53.7. The van der Waals surface area contributed by atoms with Crippen molar-refractivity contribution in [1.82, 2.24) is 0 Å². The van der Waals surface area contributed by atoms with E-state index in [4.69, 9.17) is 115 Å². The summed E-state index contributed by atoms with van der Waals surface area (Å²) in [4.78, 5) is 161. The lowest BCUT2D eigenvalue weighted by Crippen LogP contribution is -2.70. The molecule has 632 valence electrons. The molecule has 0 aromatic carbocycles. The maximum absolute atomic E-state index is 14.2. The SMILES string of the molecule is C[C@@H]1[C@@H](OC(=O)CCC(=O)OCC(COC(=O)CCC(=O)O[C@@H]2O[C@@H]3OC4(C)CC[C@H]5[C@H](C)CC[C@@H]([C@H]2C)[C@@]35OO4)(COC(=O)CCC(=O)O[C@@H]2O[C@@H]3OC4(C)CC[C@H]5[C@H](C)CC[C@@H]([C@H]2C)[C@@]35OO4)COC(=O)CCC(=O)O[C@@H]2O[C@@H]3OC4(C)CC[C@H]5[C@H](C)CC[C@@H]([C@H]2C)[C@@]35OO4)O[C@H]2OC3(C)CC[C@@H]4[C@@H](C)CC[C@H]1[C@]24OO3. The van der Waals surface area contributed by atoms with Crippen molar-refractivity contribution in [1.29, 1.82) is 0 Å². The van der Waals surface area contributed by atoms with E-state index in [2.05, 4.69) is 27.7 Å². The Labute approximate surface area is 658 Å². The van der Waals surface area contributed by atoms with E-state index in [1.807, 2.05) is 27.7 Å². The number of rotatable bonds is 24. The third-order valence-corrected chi connectivity index (χ3v) is 29.7. The van der Waals surface area contributed by atoms with E-state index in [-0.39, 0.29) is 94.7 Å². The Hall–Kier alpha value is -4.88. The van der Waals surface area contributed by atoms with E-state index in [1.54, 1.807) is 27.7 Å². The summed E-state index contributed by atoms with van der Waals surface area (Å²) in [5.74, 6) is -12.3. The summed E-state index contributed by atoms with van der Waals surface area (Å²) >= 11 is 0. The van der Waals surface area contributed by atoms with Crippen molar-refractivity contribution in [2.45, 2.75) is 333 Å². The van der Waals surface area contributed by atoms with Crippen molar-refractivity contribution in [2.24, 2.45) is 100 Å². The van der Waals surface area contributed by atoms with E-state index in [1.165, 1.54) is 0 Å². The highest BCUT2D eigenvalue weighted by Gasteiger charge is 2.75. The quantitative estimate of drug-likeness (QED) is 0.0492. The van der Waals surface area contributed by atoms with Gasteiger partial charge in [0.25, 0.3) is 0 Å². The maximum atomic E-state index is 14.2. The van der Waals surface area contributed by atoms with Gasteiger partial charge in [-0.3, -0.25) is 38.4 Å². The molecule has 32 nitrogen and oxygen atoms in total. The van der Waals surface area contributed by atoms with Crippen LogP contribution in [0.3, 0.4) is 0 Å². The van der Waals surface area contributed by atoms with Gasteiger partial charge in [-0.15, -0.1) is 0 Å². The zero-order chi connectivity index (χ0) is 79.7. The van der Waals surface area contributed by atoms with Crippen LogP contribution in [0.25, 0.3) is 0 Å². The summed E-state index contributed by atoms with van der Waals surface area (Å²) in [7, 11) is 0. The third kappa shape index (κ3) is 14.8. The average Bonchev–Trinajstić information content (AvgIpc) is 1.68. The molecule has 4 saturated carbocycles. The summed E-state index contributed by atoms with van der Waals surface area (Å²) in [5, 5.41) is 0. The van der Waals surface area contributed by atoms with Gasteiger partial charge in [0.1, 0.15) is 31.8 Å². The molecule has 0 amide bonds. The third-order valence-electron chi connectivity index (χ3n) is 29.7. The monoisotopic (exact) mass is 1600 g/mol. The molecule has 4 aliphatic carbocycles. The summed E-state index contributed by atoms with van der Waals surface area (Å²) in [6, 6.07) is 0. The van der Waals surface area contributed by atoms with Crippen LogP contribution in [-0.4, -0.2) is 170 Å². The lowest BCUT2D eigenvalue weighted by Gasteiger charge is -2.59. The Morgan fingerprint density at radius 1 is 0.274 bits per heavy atom. The van der Waals surface area contributed by atoms with Gasteiger partial charge >= 0.3 is 47.8 Å². The zero-order valence-corrected chi connectivity index (χ0v) is 67.2. The molecule has 0 N–H and O–H groups in total. The number of hydrogen-bond acceptors (Lipinski definition) is 32. The molecule has 16 heterocycles. The smallest absolute Gasteiger partial charge is 0.308 e. The fourth-order valence-electron chi connectivity index (χ4n) is 23.1. The van der Waals surface area contributed by atoms with Crippen molar-refractivity contribution in [3.63, 3.8) is 0 Å². The first-order valence-electron chi connectivity index (χ1n) is 41.9. The highest BCUT2D eigenvalue weighted by atomic mass is 17.3. The normalized spacial score (nSPS) is 47.8. The topological polar surface area (TPSA) is 358 Å². The molecule has 16 saturated heterocycles. The van der Waals surface area contributed by atoms with Gasteiger partial charge in [0.2, 0.25) is 48.3 Å². The molecule has 0 aromatic rings. The first-order valence-corrected chi connectivity index (χ1v) is 41.9. The summed E-state index contributed by atoms with van der Waals surface area (Å²) in [5.41, 5.74) is -5.70. The van der Waals surface area contributed by atoms with Gasteiger partial charge < -0.3 is 75.8 Å². The van der Waals surface area contributed by atoms with Crippen molar-refractivity contribution < 1.29 is 153 Å². The van der Waals surface area contributed by atoms with Crippen LogP contribution >= 0.6 is 0 Å². The van der Waals surface area contributed by atoms with Crippen LogP contribution in [-0.2, 0) is 153 Å². The molecule has 113 heavy (non-hydrogen) atoms. The van der Waals surface area contributed by atoms with E-state index in [0.29, 0.717) is 25.7 Å². The Bertz CT molecular complexity index is 3140. The van der Waals surface area contributed by atoms with Crippen LogP contribution in [0, 0.1) is 100 Å². The van der Waals surface area contributed by atoms with Gasteiger partial charge in [0.05, 0.1) is 51.4 Å². The van der Waals surface area contributed by atoms with Gasteiger partial charge in [-0.1, -0.05) is 55.4 Å². The number of carbonyl (C=O) groups is 8. The number of carbonyl (C=O) groups excluding carboxylic acids is 8. The van der Waals surface area contributed by atoms with Gasteiger partial charge in [0, 0.05) is 73.0 Å². The molecule has 32 heteroatoms. The molecule has 0 radical (unpaired) electrons. The Kier molecular flexibility index (Phi) is 22.5. The predicted octanol–water partition coefficient (Wildman–Crippen LogP) is 10.3. The zero-order valence-electron chi connectivity index (χ0n) is 67.2. The summed E-state index contributed by atoms with van der Waals surface area (Å²) in [6.45, 7) is 20.4. The Morgan fingerprint density at radius 2 is 0.478 bits per heavy atom. The standard InChI is InChI=1S/C81H116O32/c1-41-13-17-53-45(5)65(98-69-78(53)49(41)29-33-73(9,102-69)106-110-78)94-61(86)25-21-57(82)90-37-77(38-91-58(83)22-26-62(87)95-66-46(6)54-18-14-42(2)50-30-34-74(10)103-70(99-66)79(50,54)111-107-74,39-92-59(84)23-27-63(88)96-67-47(7)55-19-15-43(3)51-31-35-75(11)104-71(100-67)80(51,55)112-108-75)40-93-60(85)24-28-64(89)97-68-48(8)56-20-16-44(4)52-32-36-76(12)105-72(101-68)81(52,56)113-109-76/h41-56,65-72H,13-40H2,1-12H3/t41-,42-,43-,44+,45-,46-,47-,48+,49+,50+,51+,52-,53+,54+,55+,56-,65-,66-,67-,68+,69-,70-,71-,72+,73?,74?,75?,76?,77?,78-,79-,80-,81+/m1/s1. The lowest BCUT2D eigenvalue weighted by molar-refractivity contribution is -0.576. The Morgan fingerprint density at radius 3 is 0.690 bits per heavy atom. The van der Waals surface area contributed by atoms with E-state index >= 15 is 0 Å². The summed E-state index contributed by atoms with van der Waals surface area (Å²) < 4.78 is 99.3. The van der Waals surface area contributed by atoms with Crippen LogP contribution < -0.4 is 0 Å². The van der Waals surface area contributed by atoms with Gasteiger partial charge in [-0.2, -0.15) is 0 Å². The average molecular weight is 1600 g/mol. The van der Waals surface area contributed by atoms with E-state index in [9.17, 15) is 38.4 Å². The highest BCUT2D eigenvalue weighted by Crippen LogP contribution is 2.66. The van der Waals surface area contributed by atoms with Crippen LogP contribution in [0.4, 0.5) is 0 Å². The molecule has 0 aromatic heterocycles. The van der Waals surface area contributed by atoms with Crippen molar-refractivity contribution in [3.05, 3.63) is 0 Å². The van der Waals surface area contributed by atoms with Crippen LogP contribution in [0.2, 0.25) is 0 Å². The first kappa shape index (κ1) is 81.8. The van der Waals surface area contributed by atoms with Gasteiger partial charge in [-0.05, 0) is 152 Å². The molecular weight excluding hydrogens is 1480 g/mol. The van der Waals surface area contributed by atoms with Gasteiger partial charge in [-0.25, -0.2) is 39.1 Å². The predicted molar refractivity (Wildman–Crippen MR) is 375 cm³/mol. The van der Waals surface area contributed by atoms with Crippen molar-refractivity contribution in [2.75, 3.05) is 26.4 Å². The minimum absolute atomic E-state index is 0.0514. The molecule has 16 aliphatic heterocycles. The number of fused-ring (bicyclic) bond motifs is 8. The number of ether oxygens (including phenoxy) is 16. The van der Waals surface area contributed by atoms with Crippen molar-refractivity contribution >= 4 is 47.8 Å². The minimum Gasteiger partial charge on any atom is -0.465 e. The molecule has 32 atom stereocenters. The van der Waals surface area contributed by atoms with E-state index < -0.39 is 227 Å². The second-order valence-corrected chi connectivity index (χ2v) is 37.2. The molecule has 20 aliphatic rings. The van der Waals surface area contributed by atoms with Crippen LogP contribution in [0.15, 0.2) is 0 Å². The Balaban J connectivity index is 0.602. The molecule has 8 bridgehead atoms. The molecule has 4 spiro atoms. The highest BCUT2D eigenvalue weighted by molar-refractivity contribution is 5.80. The minimum atomic E-state index is -1.97. The molecular formula is C81H116O32. The fraction of sp³-hybridized carbons (Fsp3) is 0.901. The molecule has 20 rings (SSSR count). The van der Waals surface area contributed by atoms with Crippen LogP contribution in [0.1, 0.15) is 237 Å². The van der Waals surface area contributed by atoms with Gasteiger partial charge in [0.15, 0.2) is 47.6 Å². The largest absolute Gasteiger partial charge is 0.465 e. The number of esters is 8. The number of hydrogen-bond donors (Lipinski definition) is 0. The second kappa shape index (κ2) is 31.0. The second-order valence-electron chi connectivity index (χ2n) is 37.2. The molecule has 20 fully saturated rings. The lowest BCUT2D eigenvalue weighted by atomic mass is 9.58. The summed E-state index contributed by atoms with van der Waals surface area (Å²) in [6.07, 6.45) is -0.277. The molecule has 4 unspecified atom stereocenters. The van der Waals surface area contributed by atoms with Crippen LogP contribution in [0.5, 0.6) is 0 Å². The van der Waals surface area contributed by atoms with Crippen molar-refractivity contribution in [3.8, 4) is 0 Å². The fourth-order valence-corrected chi connectivity index (χ4v) is 23.1.